The molecular weight excluding hydrogens is 372 g/mol. The van der Waals surface area contributed by atoms with Crippen LogP contribution in [0, 0.1) is 5.92 Å². The van der Waals surface area contributed by atoms with Crippen LogP contribution in [-0.4, -0.2) is 48.8 Å². The maximum Gasteiger partial charge on any atom is 0.410 e. The molecule has 0 bridgehead atoms. The van der Waals surface area contributed by atoms with Crippen LogP contribution in [0.2, 0.25) is 4.47 Å². The molecule has 2 heterocycles. The summed E-state index contributed by atoms with van der Waals surface area (Å²) < 4.78 is 30.5. The fraction of sp³-hybridized carbons (Fsp3) is 0.733. The Morgan fingerprint density at radius 1 is 1.50 bits per heavy atom. The van der Waals surface area contributed by atoms with Crippen molar-refractivity contribution in [3.63, 3.8) is 0 Å². The normalized spacial score (nSPS) is 19.3. The van der Waals surface area contributed by atoms with Crippen LogP contribution in [0.25, 0.3) is 0 Å². The maximum atomic E-state index is 12.4. The Labute approximate surface area is 152 Å². The number of carbonyl (C=O) groups excluding carboxylic acids is 1. The fourth-order valence-corrected chi connectivity index (χ4v) is 5.84. The number of nitrogens with zero attached hydrogens (tertiary/aromatic N) is 2. The van der Waals surface area contributed by atoms with Crippen molar-refractivity contribution in [2.45, 2.75) is 45.0 Å². The van der Waals surface area contributed by atoms with Crippen LogP contribution in [-0.2, 0) is 20.3 Å². The highest BCUT2D eigenvalue weighted by atomic mass is 35.5. The molecule has 0 aliphatic carbocycles. The molecule has 0 N–H and O–H groups in total. The number of piperidine rings is 1. The highest BCUT2D eigenvalue weighted by Gasteiger charge is 2.30. The summed E-state index contributed by atoms with van der Waals surface area (Å²) in [4.78, 5) is 18.3. The number of halogens is 1. The SMILES string of the molecule is CC(C)(C)OC(=O)N1CCC[C@H](CS(=O)(=O)Cc2cnc(Cl)s2)C1. The van der Waals surface area contributed by atoms with Crippen LogP contribution in [0.4, 0.5) is 4.79 Å². The number of hydrogen-bond acceptors (Lipinski definition) is 6. The lowest BCUT2D eigenvalue weighted by Gasteiger charge is -2.34. The Balaban J connectivity index is 1.93. The van der Waals surface area contributed by atoms with E-state index in [0.717, 1.165) is 12.8 Å². The van der Waals surface area contributed by atoms with Gasteiger partial charge in [0.1, 0.15) is 5.60 Å². The van der Waals surface area contributed by atoms with Gasteiger partial charge in [-0.15, -0.1) is 11.3 Å². The van der Waals surface area contributed by atoms with Gasteiger partial charge in [-0.3, -0.25) is 0 Å². The first-order chi connectivity index (χ1) is 11.0. The number of aromatic nitrogens is 1. The lowest BCUT2D eigenvalue weighted by atomic mass is 10.0. The second-order valence-corrected chi connectivity index (χ2v) is 10.9. The predicted octanol–water partition coefficient (Wildman–Crippen LogP) is 3.36. The van der Waals surface area contributed by atoms with E-state index in [1.807, 2.05) is 20.8 Å². The van der Waals surface area contributed by atoms with Crippen molar-refractivity contribution in [3.8, 4) is 0 Å². The topological polar surface area (TPSA) is 76.6 Å². The van der Waals surface area contributed by atoms with Gasteiger partial charge in [0, 0.05) is 24.2 Å². The van der Waals surface area contributed by atoms with E-state index in [9.17, 15) is 13.2 Å². The van der Waals surface area contributed by atoms with Crippen molar-refractivity contribution in [1.82, 2.24) is 9.88 Å². The van der Waals surface area contributed by atoms with E-state index in [1.165, 1.54) is 17.5 Å². The highest BCUT2D eigenvalue weighted by molar-refractivity contribution is 7.90. The molecule has 1 aromatic heterocycles. The third-order valence-corrected chi connectivity index (χ3v) is 6.58. The molecule has 6 nitrogen and oxygen atoms in total. The zero-order valence-electron chi connectivity index (χ0n) is 14.1. The van der Waals surface area contributed by atoms with Crippen LogP contribution < -0.4 is 0 Å². The van der Waals surface area contributed by atoms with E-state index in [1.54, 1.807) is 4.90 Å². The standard InChI is InChI=1S/C15H23ClN2O4S2/c1-15(2,3)22-14(19)18-6-4-5-11(8-18)9-24(20,21)10-12-7-17-13(16)23-12/h7,11H,4-6,8-10H2,1-3H3/t11-/m0/s1. The van der Waals surface area contributed by atoms with Gasteiger partial charge in [0.05, 0.1) is 11.5 Å². The number of rotatable bonds is 4. The number of sulfone groups is 1. The number of likely N-dealkylation sites (tertiary alicyclic amines) is 1. The van der Waals surface area contributed by atoms with Crippen LogP contribution >= 0.6 is 22.9 Å². The molecule has 1 aromatic rings. The van der Waals surface area contributed by atoms with Gasteiger partial charge in [-0.1, -0.05) is 11.6 Å². The van der Waals surface area contributed by atoms with Crippen LogP contribution in [0.15, 0.2) is 6.20 Å². The van der Waals surface area contributed by atoms with Crippen LogP contribution in [0.3, 0.4) is 0 Å². The minimum Gasteiger partial charge on any atom is -0.444 e. The van der Waals surface area contributed by atoms with Crippen molar-refractivity contribution in [3.05, 3.63) is 15.5 Å². The summed E-state index contributed by atoms with van der Waals surface area (Å²) >= 11 is 6.92. The average Bonchev–Trinajstić information content (AvgIpc) is 2.81. The number of hydrogen-bond donors (Lipinski definition) is 0. The van der Waals surface area contributed by atoms with Gasteiger partial charge < -0.3 is 9.64 Å². The van der Waals surface area contributed by atoms with Gasteiger partial charge in [-0.2, -0.15) is 0 Å². The summed E-state index contributed by atoms with van der Waals surface area (Å²) in [5, 5.41) is 0. The Bertz CT molecular complexity index is 682. The van der Waals surface area contributed by atoms with Crippen LogP contribution in [0.5, 0.6) is 0 Å². The zero-order valence-corrected chi connectivity index (χ0v) is 16.5. The molecule has 1 aliphatic rings. The quantitative estimate of drug-likeness (QED) is 0.782. The van der Waals surface area contributed by atoms with E-state index >= 15 is 0 Å². The van der Waals surface area contributed by atoms with Gasteiger partial charge in [-0.25, -0.2) is 18.2 Å². The average molecular weight is 395 g/mol. The smallest absolute Gasteiger partial charge is 0.410 e. The minimum absolute atomic E-state index is 0.0552. The molecule has 1 saturated heterocycles. The molecular formula is C15H23ClN2O4S2. The molecule has 24 heavy (non-hydrogen) atoms. The molecule has 0 radical (unpaired) electrons. The first-order valence-electron chi connectivity index (χ1n) is 7.83. The summed E-state index contributed by atoms with van der Waals surface area (Å²) in [6.07, 6.45) is 2.70. The van der Waals surface area contributed by atoms with Crippen molar-refractivity contribution in [2.24, 2.45) is 5.92 Å². The highest BCUT2D eigenvalue weighted by Crippen LogP contribution is 2.24. The molecule has 1 amide bonds. The number of thiazole rings is 1. The Kier molecular flexibility index (Phi) is 6.14. The Hall–Kier alpha value is -0.860. The van der Waals surface area contributed by atoms with E-state index < -0.39 is 15.4 Å². The first-order valence-corrected chi connectivity index (χ1v) is 10.8. The lowest BCUT2D eigenvalue weighted by molar-refractivity contribution is 0.0176. The van der Waals surface area contributed by atoms with Crippen molar-refractivity contribution < 1.29 is 17.9 Å². The predicted molar refractivity (Wildman–Crippen MR) is 95.1 cm³/mol. The second kappa shape index (κ2) is 7.58. The molecule has 1 aliphatic heterocycles. The van der Waals surface area contributed by atoms with E-state index in [0.29, 0.717) is 22.4 Å². The summed E-state index contributed by atoms with van der Waals surface area (Å²) in [5.74, 6) is -0.0676. The minimum atomic E-state index is -3.27. The van der Waals surface area contributed by atoms with Crippen molar-refractivity contribution in [1.29, 1.82) is 0 Å². The van der Waals surface area contributed by atoms with Crippen LogP contribution in [0.1, 0.15) is 38.5 Å². The van der Waals surface area contributed by atoms with E-state index in [-0.39, 0.29) is 23.5 Å². The maximum absolute atomic E-state index is 12.4. The van der Waals surface area contributed by atoms with Gasteiger partial charge in [0.25, 0.3) is 0 Å². The first kappa shape index (κ1) is 19.5. The number of ether oxygens (including phenoxy) is 1. The van der Waals surface area contributed by atoms with Gasteiger partial charge >= 0.3 is 6.09 Å². The fourth-order valence-electron chi connectivity index (χ4n) is 2.68. The van der Waals surface area contributed by atoms with E-state index in [4.69, 9.17) is 16.3 Å². The third kappa shape index (κ3) is 6.22. The van der Waals surface area contributed by atoms with E-state index in [2.05, 4.69) is 4.98 Å². The molecule has 0 unspecified atom stereocenters. The van der Waals surface area contributed by atoms with Gasteiger partial charge in [0.15, 0.2) is 14.3 Å². The third-order valence-electron chi connectivity index (χ3n) is 3.55. The monoisotopic (exact) mass is 394 g/mol. The summed E-state index contributed by atoms with van der Waals surface area (Å²) in [6, 6.07) is 0. The van der Waals surface area contributed by atoms with Gasteiger partial charge in [-0.05, 0) is 39.5 Å². The molecule has 136 valence electrons. The summed E-state index contributed by atoms with van der Waals surface area (Å²) in [5.41, 5.74) is -0.554. The molecule has 0 saturated carbocycles. The number of carbonyl (C=O) groups is 1. The molecule has 0 spiro atoms. The zero-order chi connectivity index (χ0) is 18.0. The Morgan fingerprint density at radius 2 is 2.21 bits per heavy atom. The van der Waals surface area contributed by atoms with Crippen molar-refractivity contribution in [2.75, 3.05) is 18.8 Å². The molecule has 1 atom stereocenters. The van der Waals surface area contributed by atoms with Crippen molar-refractivity contribution >= 4 is 38.9 Å². The largest absolute Gasteiger partial charge is 0.444 e. The Morgan fingerprint density at radius 3 is 2.79 bits per heavy atom. The number of amides is 1. The molecule has 2 rings (SSSR count). The summed E-state index contributed by atoms with van der Waals surface area (Å²) in [7, 11) is -3.27. The molecule has 0 aromatic carbocycles. The van der Waals surface area contributed by atoms with Gasteiger partial charge in [0.2, 0.25) is 0 Å². The summed E-state index contributed by atoms with van der Waals surface area (Å²) in [6.45, 7) is 6.47. The second-order valence-electron chi connectivity index (χ2n) is 7.07. The molecule has 1 fully saturated rings. The molecule has 9 heteroatoms. The lowest BCUT2D eigenvalue weighted by Crippen LogP contribution is -2.44.